The molecule has 0 saturated heterocycles. The number of esters is 1. The minimum atomic E-state index is -0.301. The van der Waals surface area contributed by atoms with Crippen molar-refractivity contribution in [1.29, 1.82) is 0 Å². The molecule has 0 aliphatic carbocycles. The van der Waals surface area contributed by atoms with Crippen LogP contribution in [0.15, 0.2) is 78.1 Å². The summed E-state index contributed by atoms with van der Waals surface area (Å²) < 4.78 is 31.0. The third kappa shape index (κ3) is 7.08. The maximum atomic E-state index is 14.4. The molecular weight excluding hydrogens is 443 g/mol. The van der Waals surface area contributed by atoms with E-state index < -0.39 is 0 Å². The number of allylic oxidation sites excluding steroid dienone is 4. The minimum absolute atomic E-state index is 0.0178. The monoisotopic (exact) mass is 480 g/mol. The van der Waals surface area contributed by atoms with Gasteiger partial charge >= 0.3 is 5.97 Å². The lowest BCUT2D eigenvalue weighted by Gasteiger charge is -2.23. The number of halogens is 1. The zero-order valence-electron chi connectivity index (χ0n) is 21.9. The first-order valence-electron chi connectivity index (χ1n) is 11.9. The molecule has 3 atom stereocenters. The van der Waals surface area contributed by atoms with E-state index >= 15 is 0 Å². The predicted octanol–water partition coefficient (Wildman–Crippen LogP) is 7.82. The molecule has 3 unspecified atom stereocenters. The highest BCUT2D eigenvalue weighted by Crippen LogP contribution is 2.32. The molecular formula is C30H37FO4. The fourth-order valence-corrected chi connectivity index (χ4v) is 3.73. The van der Waals surface area contributed by atoms with Crippen LogP contribution in [-0.2, 0) is 14.3 Å². The number of methoxy groups -OCH3 is 2. The van der Waals surface area contributed by atoms with Gasteiger partial charge in [-0.05, 0) is 67.2 Å². The van der Waals surface area contributed by atoms with Crippen LogP contribution in [0.5, 0.6) is 5.75 Å². The molecule has 2 aromatic carbocycles. The Balaban J connectivity index is 2.32. The third-order valence-corrected chi connectivity index (χ3v) is 6.50. The van der Waals surface area contributed by atoms with Gasteiger partial charge in [0.15, 0.2) is 0 Å². The van der Waals surface area contributed by atoms with Gasteiger partial charge in [-0.1, -0.05) is 63.3 Å². The first kappa shape index (κ1) is 27.9. The highest BCUT2D eigenvalue weighted by Gasteiger charge is 2.23. The van der Waals surface area contributed by atoms with Gasteiger partial charge in [0.25, 0.3) is 0 Å². The Labute approximate surface area is 209 Å². The molecule has 0 radical (unpaired) electrons. The normalized spacial score (nSPS) is 14.9. The van der Waals surface area contributed by atoms with E-state index in [1.165, 1.54) is 13.2 Å². The van der Waals surface area contributed by atoms with Crippen LogP contribution in [0.2, 0.25) is 0 Å². The van der Waals surface area contributed by atoms with E-state index in [9.17, 15) is 9.18 Å². The fraction of sp³-hybridized carbons (Fsp3) is 0.367. The molecule has 0 heterocycles. The highest BCUT2D eigenvalue weighted by molar-refractivity contribution is 5.72. The van der Waals surface area contributed by atoms with Crippen molar-refractivity contribution >= 4 is 5.97 Å². The van der Waals surface area contributed by atoms with Gasteiger partial charge in [0.05, 0.1) is 20.1 Å². The van der Waals surface area contributed by atoms with Crippen LogP contribution in [0, 0.1) is 17.7 Å². The molecule has 0 aliphatic rings. The second-order valence-corrected chi connectivity index (χ2v) is 8.72. The Bertz CT molecular complexity index is 1080. The first-order valence-corrected chi connectivity index (χ1v) is 11.9. The highest BCUT2D eigenvalue weighted by atomic mass is 19.1. The van der Waals surface area contributed by atoms with Gasteiger partial charge in [0.1, 0.15) is 23.4 Å². The van der Waals surface area contributed by atoms with Crippen molar-refractivity contribution in [3.05, 3.63) is 89.5 Å². The van der Waals surface area contributed by atoms with E-state index in [-0.39, 0.29) is 29.7 Å². The molecule has 0 fully saturated rings. The van der Waals surface area contributed by atoms with Crippen LogP contribution in [-0.4, -0.2) is 20.2 Å². The summed E-state index contributed by atoms with van der Waals surface area (Å²) in [5.41, 5.74) is 4.14. The van der Waals surface area contributed by atoms with Crippen LogP contribution in [0.3, 0.4) is 0 Å². The van der Waals surface area contributed by atoms with Crippen molar-refractivity contribution in [3.8, 4) is 16.9 Å². The van der Waals surface area contributed by atoms with Crippen LogP contribution in [0.1, 0.15) is 52.7 Å². The second kappa shape index (κ2) is 12.9. The molecule has 0 bridgehead atoms. The summed E-state index contributed by atoms with van der Waals surface area (Å²) in [6, 6.07) is 12.4. The summed E-state index contributed by atoms with van der Waals surface area (Å²) >= 11 is 0. The number of benzene rings is 2. The summed E-state index contributed by atoms with van der Waals surface area (Å²) in [6.07, 6.45) is 4.27. The molecule has 2 rings (SSSR count). The number of hydrogen-bond donors (Lipinski definition) is 0. The van der Waals surface area contributed by atoms with Crippen molar-refractivity contribution < 1.29 is 23.4 Å². The molecule has 0 aromatic heterocycles. The molecule has 2 aromatic rings. The minimum Gasteiger partial charge on any atom is -0.497 e. The number of carbonyl (C=O) groups excluding carboxylic acids is 1. The lowest BCUT2D eigenvalue weighted by molar-refractivity contribution is -0.146. The molecule has 0 amide bonds. The number of ether oxygens (including phenoxy) is 3. The molecule has 0 N–H and O–H groups in total. The maximum absolute atomic E-state index is 14.4. The van der Waals surface area contributed by atoms with Gasteiger partial charge in [-0.2, -0.15) is 0 Å². The van der Waals surface area contributed by atoms with Crippen molar-refractivity contribution in [2.75, 3.05) is 14.2 Å². The van der Waals surface area contributed by atoms with Gasteiger partial charge in [-0.15, -0.1) is 0 Å². The van der Waals surface area contributed by atoms with Crippen molar-refractivity contribution in [2.45, 2.75) is 47.1 Å². The number of carbonyl (C=O) groups is 1. The molecule has 0 aliphatic heterocycles. The number of rotatable bonds is 11. The molecule has 0 spiro atoms. The van der Waals surface area contributed by atoms with E-state index in [0.29, 0.717) is 17.1 Å². The lowest BCUT2D eigenvalue weighted by atomic mass is 9.89. The maximum Gasteiger partial charge on any atom is 0.308 e. The van der Waals surface area contributed by atoms with Crippen molar-refractivity contribution in [1.82, 2.24) is 0 Å². The van der Waals surface area contributed by atoms with Crippen molar-refractivity contribution in [2.24, 2.45) is 11.8 Å². The largest absolute Gasteiger partial charge is 0.497 e. The summed E-state index contributed by atoms with van der Waals surface area (Å²) in [5.74, 6) is 0.480. The number of hydrogen-bond acceptors (Lipinski definition) is 4. The van der Waals surface area contributed by atoms with E-state index in [0.717, 1.165) is 28.7 Å². The summed E-state index contributed by atoms with van der Waals surface area (Å²) in [4.78, 5) is 12.0. The molecule has 5 heteroatoms. The topological polar surface area (TPSA) is 44.8 Å². The standard InChI is InChI=1S/C30H37FO4/c1-9-19(3)29(17-20(4)21(5)22(6)30(32)34-8)35-28(10-2)24-13-11-23(12-14-24)26-18-25(33-7)15-16-27(26)31/h9,11-18,21-22,28H,1,10H2,2-8H3. The van der Waals surface area contributed by atoms with Crippen LogP contribution in [0.4, 0.5) is 4.39 Å². The molecule has 35 heavy (non-hydrogen) atoms. The van der Waals surface area contributed by atoms with E-state index in [1.54, 1.807) is 25.3 Å². The molecule has 188 valence electrons. The molecule has 0 saturated carbocycles. The Morgan fingerprint density at radius 1 is 1.06 bits per heavy atom. The smallest absolute Gasteiger partial charge is 0.308 e. The van der Waals surface area contributed by atoms with Gasteiger partial charge < -0.3 is 14.2 Å². The predicted molar refractivity (Wildman–Crippen MR) is 140 cm³/mol. The summed E-state index contributed by atoms with van der Waals surface area (Å²) in [7, 11) is 2.97. The third-order valence-electron chi connectivity index (χ3n) is 6.50. The van der Waals surface area contributed by atoms with Gasteiger partial charge in [-0.25, -0.2) is 4.39 Å². The van der Waals surface area contributed by atoms with Crippen molar-refractivity contribution in [3.63, 3.8) is 0 Å². The lowest BCUT2D eigenvalue weighted by Crippen LogP contribution is -2.21. The zero-order chi connectivity index (χ0) is 26.1. The Hall–Kier alpha value is -3.34. The first-order chi connectivity index (χ1) is 16.7. The Morgan fingerprint density at radius 3 is 2.26 bits per heavy atom. The Kier molecular flexibility index (Phi) is 10.3. The van der Waals surface area contributed by atoms with E-state index in [1.807, 2.05) is 58.0 Å². The summed E-state index contributed by atoms with van der Waals surface area (Å²) in [6.45, 7) is 13.7. The molecule has 4 nitrogen and oxygen atoms in total. The van der Waals surface area contributed by atoms with Gasteiger partial charge in [-0.3, -0.25) is 4.79 Å². The van der Waals surface area contributed by atoms with E-state index in [2.05, 4.69) is 13.5 Å². The van der Waals surface area contributed by atoms with Crippen LogP contribution >= 0.6 is 0 Å². The zero-order valence-corrected chi connectivity index (χ0v) is 21.9. The average Bonchev–Trinajstić information content (AvgIpc) is 2.89. The second-order valence-electron chi connectivity index (χ2n) is 8.72. The van der Waals surface area contributed by atoms with Gasteiger partial charge in [0.2, 0.25) is 0 Å². The van der Waals surface area contributed by atoms with Crippen LogP contribution in [0.25, 0.3) is 11.1 Å². The van der Waals surface area contributed by atoms with Gasteiger partial charge in [0, 0.05) is 5.56 Å². The summed E-state index contributed by atoms with van der Waals surface area (Å²) in [5, 5.41) is 0. The fourth-order valence-electron chi connectivity index (χ4n) is 3.73. The quantitative estimate of drug-likeness (QED) is 0.187. The average molecular weight is 481 g/mol. The van der Waals surface area contributed by atoms with Crippen LogP contribution < -0.4 is 4.74 Å². The SMILES string of the molecule is C=CC(C)=C(C=C(C)C(C)C(C)C(=O)OC)OC(CC)c1ccc(-c2cc(OC)ccc2F)cc1. The Morgan fingerprint density at radius 2 is 1.71 bits per heavy atom. The van der Waals surface area contributed by atoms with E-state index in [4.69, 9.17) is 14.2 Å².